The predicted molar refractivity (Wildman–Crippen MR) is 121 cm³/mol. The van der Waals surface area contributed by atoms with Crippen molar-refractivity contribution in [3.63, 3.8) is 0 Å². The number of sulfone groups is 1. The molecule has 0 fully saturated rings. The largest absolute Gasteiger partial charge is 0.424 e. The van der Waals surface area contributed by atoms with Crippen molar-refractivity contribution in [1.29, 1.82) is 0 Å². The van der Waals surface area contributed by atoms with Crippen LogP contribution in [0.5, 0.6) is 11.8 Å². The average molecular weight is 493 g/mol. The van der Waals surface area contributed by atoms with Crippen molar-refractivity contribution in [2.75, 3.05) is 6.26 Å². The fourth-order valence-corrected chi connectivity index (χ4v) is 3.91. The Morgan fingerprint density at radius 2 is 1.82 bits per heavy atom. The lowest BCUT2D eigenvalue weighted by atomic mass is 10.1. The van der Waals surface area contributed by atoms with Gasteiger partial charge in [0.15, 0.2) is 14.6 Å². The molecule has 1 aromatic carbocycles. The van der Waals surface area contributed by atoms with Gasteiger partial charge in [0.2, 0.25) is 0 Å². The molecule has 0 radical (unpaired) electrons. The molecule has 0 spiro atoms. The van der Waals surface area contributed by atoms with Crippen LogP contribution in [0.1, 0.15) is 13.3 Å². The highest BCUT2D eigenvalue weighted by Crippen LogP contribution is 2.25. The van der Waals surface area contributed by atoms with Gasteiger partial charge in [-0.15, -0.1) is 0 Å². The molecule has 0 bridgehead atoms. The number of amides is 1. The number of carbonyl (C=O) groups excluding carboxylic acids is 1. The summed E-state index contributed by atoms with van der Waals surface area (Å²) in [6.45, 7) is 1.16. The van der Waals surface area contributed by atoms with Crippen molar-refractivity contribution in [3.8, 4) is 22.9 Å². The molecule has 3 rings (SSSR count). The minimum Gasteiger partial charge on any atom is -0.424 e. The molecule has 33 heavy (non-hydrogen) atoms. The van der Waals surface area contributed by atoms with Gasteiger partial charge in [-0.3, -0.25) is 14.8 Å². The minimum absolute atomic E-state index is 0.0377. The fraction of sp³-hybridized carbons (Fsp3) is 0.238. The van der Waals surface area contributed by atoms with Gasteiger partial charge in [0, 0.05) is 25.1 Å². The van der Waals surface area contributed by atoms with Crippen LogP contribution in [-0.4, -0.2) is 45.1 Å². The Kier molecular flexibility index (Phi) is 7.15. The molecule has 1 amide bonds. The van der Waals surface area contributed by atoms with Crippen LogP contribution in [0.2, 0.25) is 5.02 Å². The van der Waals surface area contributed by atoms with Gasteiger partial charge in [0.1, 0.15) is 5.75 Å². The van der Waals surface area contributed by atoms with Gasteiger partial charge in [-0.1, -0.05) is 23.7 Å². The molecule has 0 saturated carbocycles. The third kappa shape index (κ3) is 5.56. The number of hydroxylamine groups is 1. The summed E-state index contributed by atoms with van der Waals surface area (Å²) in [5.41, 5.74) is 2.41. The Bertz CT molecular complexity index is 1310. The number of rotatable bonds is 8. The number of ether oxygens (including phenoxy) is 1. The summed E-state index contributed by atoms with van der Waals surface area (Å²) < 4.78 is 29.1. The normalized spacial score (nSPS) is 13.2. The Labute approximate surface area is 194 Å². The molecule has 2 N–H and O–H groups in total. The van der Waals surface area contributed by atoms with E-state index in [1.54, 1.807) is 30.3 Å². The summed E-state index contributed by atoms with van der Waals surface area (Å²) in [4.78, 5) is 32.4. The maximum absolute atomic E-state index is 12.6. The Hall–Kier alpha value is -3.28. The lowest BCUT2D eigenvalue weighted by Crippen LogP contribution is -2.49. The molecular formula is C21H21ClN4O6S. The number of nitrogens with zero attached hydrogens (tertiary/aromatic N) is 3. The van der Waals surface area contributed by atoms with Gasteiger partial charge in [-0.2, -0.15) is 0 Å². The molecule has 0 aliphatic rings. The molecule has 0 unspecified atom stereocenters. The summed E-state index contributed by atoms with van der Waals surface area (Å²) in [6.07, 6.45) is 5.06. The summed E-state index contributed by atoms with van der Waals surface area (Å²) in [5.74, 6) is -0.558. The van der Waals surface area contributed by atoms with Crippen LogP contribution in [0, 0.1) is 0 Å². The molecule has 0 aliphatic heterocycles. The first kappa shape index (κ1) is 24.4. The molecule has 2 aromatic heterocycles. The van der Waals surface area contributed by atoms with E-state index in [4.69, 9.17) is 21.5 Å². The lowest BCUT2D eigenvalue weighted by Gasteiger charge is -2.25. The van der Waals surface area contributed by atoms with Crippen molar-refractivity contribution >= 4 is 27.3 Å². The van der Waals surface area contributed by atoms with Crippen LogP contribution >= 0.6 is 11.6 Å². The van der Waals surface area contributed by atoms with Crippen LogP contribution in [0.3, 0.4) is 0 Å². The maximum atomic E-state index is 12.6. The van der Waals surface area contributed by atoms with E-state index in [2.05, 4.69) is 9.97 Å². The highest BCUT2D eigenvalue weighted by atomic mass is 35.5. The third-order valence-corrected chi connectivity index (χ3v) is 7.44. The highest BCUT2D eigenvalue weighted by molar-refractivity contribution is 7.92. The summed E-state index contributed by atoms with van der Waals surface area (Å²) in [6, 6.07) is 10.2. The predicted octanol–water partition coefficient (Wildman–Crippen LogP) is 2.45. The second-order valence-electron chi connectivity index (χ2n) is 7.45. The third-order valence-electron chi connectivity index (χ3n) is 5.22. The van der Waals surface area contributed by atoms with Crippen LogP contribution in [-0.2, 0) is 21.2 Å². The first-order valence-corrected chi connectivity index (χ1v) is 11.9. The van der Waals surface area contributed by atoms with Crippen LogP contribution in [0.25, 0.3) is 11.1 Å². The first-order valence-electron chi connectivity index (χ1n) is 9.64. The maximum Gasteiger partial charge on any atom is 0.321 e. The van der Waals surface area contributed by atoms with Gasteiger partial charge in [0.05, 0.1) is 17.4 Å². The van der Waals surface area contributed by atoms with Crippen molar-refractivity contribution in [2.45, 2.75) is 24.6 Å². The van der Waals surface area contributed by atoms with E-state index in [1.165, 1.54) is 41.6 Å². The Morgan fingerprint density at radius 3 is 2.36 bits per heavy atom. The molecule has 10 nitrogen and oxygen atoms in total. The van der Waals surface area contributed by atoms with Crippen LogP contribution in [0.4, 0.5) is 0 Å². The second-order valence-corrected chi connectivity index (χ2v) is 10.3. The topological polar surface area (TPSA) is 140 Å². The monoisotopic (exact) mass is 492 g/mol. The highest BCUT2D eigenvalue weighted by Gasteiger charge is 2.43. The van der Waals surface area contributed by atoms with E-state index in [9.17, 15) is 18.0 Å². The molecule has 0 saturated heterocycles. The van der Waals surface area contributed by atoms with Crippen molar-refractivity contribution in [2.24, 2.45) is 0 Å². The Morgan fingerprint density at radius 1 is 1.18 bits per heavy atom. The molecule has 174 valence electrons. The summed E-state index contributed by atoms with van der Waals surface area (Å²) >= 11 is 5.75. The Balaban J connectivity index is 1.74. The molecule has 3 aromatic rings. The zero-order chi connectivity index (χ0) is 24.2. The summed E-state index contributed by atoms with van der Waals surface area (Å²) in [5, 5.41) is 9.30. The van der Waals surface area contributed by atoms with E-state index >= 15 is 0 Å². The van der Waals surface area contributed by atoms with Gasteiger partial charge < -0.3 is 9.30 Å². The van der Waals surface area contributed by atoms with Crippen molar-refractivity contribution in [3.05, 3.63) is 70.4 Å². The van der Waals surface area contributed by atoms with Crippen molar-refractivity contribution < 1.29 is 23.2 Å². The number of hydrogen-bond acceptors (Lipinski definition) is 8. The van der Waals surface area contributed by atoms with Gasteiger partial charge >= 0.3 is 6.01 Å². The quantitative estimate of drug-likeness (QED) is 0.361. The van der Waals surface area contributed by atoms with Crippen LogP contribution < -0.4 is 15.8 Å². The number of carbonyl (C=O) groups is 1. The minimum atomic E-state index is -3.85. The average Bonchev–Trinajstić information content (AvgIpc) is 2.78. The van der Waals surface area contributed by atoms with Crippen LogP contribution in [0.15, 0.2) is 59.8 Å². The van der Waals surface area contributed by atoms with E-state index in [-0.39, 0.29) is 24.5 Å². The molecule has 2 heterocycles. The standard InChI is InChI=1S/C21H21ClN4O6S/c1-21(19(28)25-29,33(2,30)31)8-10-26-9-7-15(11-18(26)27)14-3-5-17(6-4-14)32-20-23-12-16(22)13-24-20/h3-7,9,11-13,29H,8,10H2,1-2H3,(H,25,28)/t21-/m1/s1. The lowest BCUT2D eigenvalue weighted by molar-refractivity contribution is -0.131. The van der Waals surface area contributed by atoms with Gasteiger partial charge in [-0.05, 0) is 42.7 Å². The smallest absolute Gasteiger partial charge is 0.321 e. The van der Waals surface area contributed by atoms with E-state index in [0.29, 0.717) is 16.3 Å². The summed E-state index contributed by atoms with van der Waals surface area (Å²) in [7, 11) is -3.85. The molecule has 1 atom stereocenters. The zero-order valence-electron chi connectivity index (χ0n) is 17.7. The number of pyridine rings is 1. The fourth-order valence-electron chi connectivity index (χ4n) is 2.97. The number of halogens is 1. The van der Waals surface area contributed by atoms with E-state index < -0.39 is 20.5 Å². The molecule has 0 aliphatic carbocycles. The van der Waals surface area contributed by atoms with E-state index in [0.717, 1.165) is 11.8 Å². The zero-order valence-corrected chi connectivity index (χ0v) is 19.3. The number of hydrogen-bond donors (Lipinski definition) is 2. The number of benzene rings is 1. The van der Waals surface area contributed by atoms with E-state index in [1.807, 2.05) is 0 Å². The second kappa shape index (κ2) is 9.69. The van der Waals surface area contributed by atoms with Gasteiger partial charge in [0.25, 0.3) is 11.5 Å². The number of aryl methyl sites for hydroxylation is 1. The van der Waals surface area contributed by atoms with Gasteiger partial charge in [-0.25, -0.2) is 23.9 Å². The SMILES string of the molecule is C[C@@](CCn1ccc(-c2ccc(Oc3ncc(Cl)cn3)cc2)cc1=O)(C(=O)NO)S(C)(=O)=O. The number of nitrogens with one attached hydrogen (secondary N) is 1. The first-order chi connectivity index (χ1) is 15.5. The van der Waals surface area contributed by atoms with Crippen molar-refractivity contribution in [1.82, 2.24) is 20.0 Å². The molecular weight excluding hydrogens is 472 g/mol. The molecule has 12 heteroatoms. The number of aromatic nitrogens is 3.